The number of hydrogen-bond donors (Lipinski definition) is 1. The Kier molecular flexibility index (Phi) is 5.46. The molecule has 0 spiro atoms. The maximum atomic E-state index is 5.57. The van der Waals surface area contributed by atoms with Crippen molar-refractivity contribution in [3.8, 4) is 0 Å². The fraction of sp³-hybridized carbons (Fsp3) is 0.619. The number of nitrogens with zero attached hydrogens (tertiary/aromatic N) is 5. The molecule has 0 aromatic carbocycles. The molecule has 1 aliphatic heterocycles. The van der Waals surface area contributed by atoms with E-state index in [0.29, 0.717) is 0 Å². The van der Waals surface area contributed by atoms with Crippen molar-refractivity contribution >= 4 is 43.4 Å². The summed E-state index contributed by atoms with van der Waals surface area (Å²) in [6, 6.07) is 0. The Bertz CT molecular complexity index is 1010. The van der Waals surface area contributed by atoms with Crippen LogP contribution < -0.4 is 10.2 Å². The van der Waals surface area contributed by atoms with Gasteiger partial charge in [0, 0.05) is 25.0 Å². The third kappa shape index (κ3) is 3.53. The summed E-state index contributed by atoms with van der Waals surface area (Å²) in [5, 5.41) is 17.5. The van der Waals surface area contributed by atoms with Gasteiger partial charge in [-0.3, -0.25) is 0 Å². The van der Waals surface area contributed by atoms with Gasteiger partial charge in [-0.2, -0.15) is 0 Å². The first-order chi connectivity index (χ1) is 14.4. The molecule has 1 saturated heterocycles. The lowest BCUT2D eigenvalue weighted by molar-refractivity contribution is 0.122. The summed E-state index contributed by atoms with van der Waals surface area (Å²) in [6.07, 6.45) is 8.23. The van der Waals surface area contributed by atoms with Crippen molar-refractivity contribution in [2.75, 3.05) is 43.1 Å². The van der Waals surface area contributed by atoms with E-state index in [1.165, 1.54) is 48.0 Å². The van der Waals surface area contributed by atoms with Crippen molar-refractivity contribution in [3.05, 3.63) is 11.1 Å². The van der Waals surface area contributed by atoms with Crippen molar-refractivity contribution < 1.29 is 4.74 Å². The number of ether oxygens (including phenoxy) is 1. The van der Waals surface area contributed by atoms with Crippen LogP contribution in [0.4, 0.5) is 11.6 Å². The summed E-state index contributed by atoms with van der Waals surface area (Å²) in [6.45, 7) is 6.53. The molecule has 1 N–H and O–H groups in total. The van der Waals surface area contributed by atoms with E-state index < -0.39 is 0 Å². The molecule has 0 amide bonds. The Morgan fingerprint density at radius 1 is 1.07 bits per heavy atom. The molecule has 3 aromatic heterocycles. The van der Waals surface area contributed by atoms with Gasteiger partial charge in [-0.25, -0.2) is 4.98 Å². The number of aromatic nitrogens is 4. The number of aryl methyl sites for hydroxylation is 1. The van der Waals surface area contributed by atoms with Gasteiger partial charge in [0.2, 0.25) is 0 Å². The van der Waals surface area contributed by atoms with Gasteiger partial charge < -0.3 is 15.0 Å². The fourth-order valence-electron chi connectivity index (χ4n) is 4.50. The Morgan fingerprint density at radius 3 is 2.72 bits per heavy atom. The number of unbranched alkanes of at least 4 members (excludes halogenated alkanes) is 2. The van der Waals surface area contributed by atoms with Crippen LogP contribution in [0.15, 0.2) is 0 Å². The fourth-order valence-corrected chi connectivity index (χ4v) is 5.60. The van der Waals surface area contributed by atoms with E-state index in [4.69, 9.17) is 9.72 Å². The summed E-state index contributed by atoms with van der Waals surface area (Å²) >= 11 is 1.71. The van der Waals surface area contributed by atoms with Crippen LogP contribution in [0.5, 0.6) is 0 Å². The zero-order valence-electron chi connectivity index (χ0n) is 17.0. The number of anilines is 2. The molecule has 0 unspecified atom stereocenters. The van der Waals surface area contributed by atoms with E-state index in [0.717, 1.165) is 73.0 Å². The van der Waals surface area contributed by atoms with Gasteiger partial charge in [0.25, 0.3) is 0 Å². The predicted octanol–water partition coefficient (Wildman–Crippen LogP) is 3.95. The lowest BCUT2D eigenvalue weighted by Crippen LogP contribution is -2.37. The van der Waals surface area contributed by atoms with Gasteiger partial charge in [0.15, 0.2) is 5.82 Å². The van der Waals surface area contributed by atoms with Crippen molar-refractivity contribution in [2.24, 2.45) is 0 Å². The number of hydrogen-bond acceptors (Lipinski definition) is 8. The highest BCUT2D eigenvalue weighted by Gasteiger charge is 2.26. The second-order valence-electron chi connectivity index (χ2n) is 7.93. The van der Waals surface area contributed by atoms with E-state index in [1.807, 2.05) is 0 Å². The zero-order valence-corrected chi connectivity index (χ0v) is 17.9. The molecule has 0 radical (unpaired) electrons. The quantitative estimate of drug-likeness (QED) is 0.614. The van der Waals surface area contributed by atoms with E-state index in [2.05, 4.69) is 32.6 Å². The molecule has 1 aliphatic carbocycles. The molecule has 0 atom stereocenters. The van der Waals surface area contributed by atoms with Crippen LogP contribution in [-0.4, -0.2) is 53.2 Å². The van der Waals surface area contributed by atoms with Crippen molar-refractivity contribution in [1.29, 1.82) is 0 Å². The Labute approximate surface area is 174 Å². The van der Waals surface area contributed by atoms with E-state index >= 15 is 0 Å². The van der Waals surface area contributed by atoms with E-state index in [-0.39, 0.29) is 0 Å². The zero-order chi connectivity index (χ0) is 19.6. The third-order valence-corrected chi connectivity index (χ3v) is 7.08. The van der Waals surface area contributed by atoms with Gasteiger partial charge in [-0.05, 0) is 48.4 Å². The molecule has 7 nitrogen and oxygen atoms in total. The molecule has 3 aromatic rings. The van der Waals surface area contributed by atoms with Crippen LogP contribution >= 0.6 is 11.3 Å². The highest BCUT2D eigenvalue weighted by Crippen LogP contribution is 2.42. The Hall–Kier alpha value is -2.06. The van der Waals surface area contributed by atoms with Crippen molar-refractivity contribution in [1.82, 2.24) is 20.4 Å². The maximum Gasteiger partial charge on any atom is 0.170 e. The molecule has 29 heavy (non-hydrogen) atoms. The first-order valence-electron chi connectivity index (χ1n) is 10.9. The Morgan fingerprint density at radius 2 is 1.90 bits per heavy atom. The summed E-state index contributed by atoms with van der Waals surface area (Å²) in [5.74, 6) is 2.02. The second-order valence-corrected chi connectivity index (χ2v) is 8.93. The van der Waals surface area contributed by atoms with Gasteiger partial charge in [-0.1, -0.05) is 19.8 Å². The van der Waals surface area contributed by atoms with Crippen molar-refractivity contribution in [2.45, 2.75) is 51.9 Å². The van der Waals surface area contributed by atoms with E-state index in [9.17, 15) is 0 Å². The summed E-state index contributed by atoms with van der Waals surface area (Å²) in [7, 11) is 0. The lowest BCUT2D eigenvalue weighted by atomic mass is 9.90. The van der Waals surface area contributed by atoms with Crippen LogP contribution in [0.3, 0.4) is 0 Å². The third-order valence-electron chi connectivity index (χ3n) is 6.00. The van der Waals surface area contributed by atoms with Crippen LogP contribution in [0.2, 0.25) is 0 Å². The number of rotatable bonds is 6. The van der Waals surface area contributed by atoms with Crippen LogP contribution in [0.1, 0.15) is 50.2 Å². The average molecular weight is 413 g/mol. The van der Waals surface area contributed by atoms with Gasteiger partial charge in [0.1, 0.15) is 20.9 Å². The number of thiophene rings is 1. The highest BCUT2D eigenvalue weighted by atomic mass is 32.1. The van der Waals surface area contributed by atoms with Crippen molar-refractivity contribution in [3.63, 3.8) is 0 Å². The summed E-state index contributed by atoms with van der Waals surface area (Å²) < 4.78 is 6.66. The minimum Gasteiger partial charge on any atom is -0.378 e. The summed E-state index contributed by atoms with van der Waals surface area (Å²) in [5.41, 5.74) is 3.82. The average Bonchev–Trinajstić information content (AvgIpc) is 3.16. The minimum absolute atomic E-state index is 0.780. The lowest BCUT2D eigenvalue weighted by Gasteiger charge is -2.31. The molecule has 4 heterocycles. The molecule has 0 bridgehead atoms. The van der Waals surface area contributed by atoms with Gasteiger partial charge in [0.05, 0.1) is 13.2 Å². The molecule has 0 saturated carbocycles. The smallest absolute Gasteiger partial charge is 0.170 e. The predicted molar refractivity (Wildman–Crippen MR) is 118 cm³/mol. The number of fused-ring (bicyclic) bond motifs is 5. The molecule has 2 aliphatic rings. The minimum atomic E-state index is 0.780. The monoisotopic (exact) mass is 412 g/mol. The second kappa shape index (κ2) is 8.36. The van der Waals surface area contributed by atoms with Crippen LogP contribution in [-0.2, 0) is 17.6 Å². The molecule has 5 rings (SSSR count). The number of pyridine rings is 1. The molecule has 8 heteroatoms. The largest absolute Gasteiger partial charge is 0.378 e. The molecule has 154 valence electrons. The molecular formula is C21H28N6OS. The Balaban J connectivity index is 1.62. The SMILES string of the molecule is CCCCCNc1nnnc2c1sc1nc(N3CCOCC3)c3c(c12)CCCC3. The van der Waals surface area contributed by atoms with Crippen LogP contribution in [0.25, 0.3) is 20.4 Å². The first-order valence-corrected chi connectivity index (χ1v) is 11.7. The normalized spacial score (nSPS) is 17.1. The first kappa shape index (κ1) is 18.9. The number of morpholine rings is 1. The van der Waals surface area contributed by atoms with E-state index in [1.54, 1.807) is 11.3 Å². The highest BCUT2D eigenvalue weighted by molar-refractivity contribution is 7.26. The maximum absolute atomic E-state index is 5.57. The van der Waals surface area contributed by atoms with Gasteiger partial charge in [-0.15, -0.1) is 21.5 Å². The van der Waals surface area contributed by atoms with Crippen LogP contribution in [0, 0.1) is 0 Å². The number of nitrogens with one attached hydrogen (secondary N) is 1. The summed E-state index contributed by atoms with van der Waals surface area (Å²) in [4.78, 5) is 8.64. The standard InChI is InChI=1S/C21H28N6OS/c1-2-3-6-9-22-19-18-17(24-26-25-19)16-14-7-4-5-8-15(14)20(23-21(16)29-18)27-10-12-28-13-11-27/h2-13H2,1H3,(H,22,24,25). The topological polar surface area (TPSA) is 76.1 Å². The molecule has 1 fully saturated rings. The van der Waals surface area contributed by atoms with Gasteiger partial charge >= 0.3 is 0 Å². The molecular weight excluding hydrogens is 384 g/mol.